The highest BCUT2D eigenvalue weighted by atomic mass is 16.5. The van der Waals surface area contributed by atoms with Crippen molar-refractivity contribution in [1.29, 1.82) is 0 Å². The first kappa shape index (κ1) is 13.5. The molecule has 0 aliphatic carbocycles. The SMILES string of the molecule is CC(O)C(=O)O.CCOC(C)=O. The average Bonchev–Trinajstić information content (AvgIpc) is 1.87. The van der Waals surface area contributed by atoms with Gasteiger partial charge in [0.2, 0.25) is 0 Å². The fraction of sp³-hybridized carbons (Fsp3) is 0.714. The second kappa shape index (κ2) is 8.00. The summed E-state index contributed by atoms with van der Waals surface area (Å²) in [7, 11) is 0. The summed E-state index contributed by atoms with van der Waals surface area (Å²) < 4.78 is 4.40. The minimum absolute atomic E-state index is 0.211. The molecule has 1 unspecified atom stereocenters. The molecule has 0 saturated carbocycles. The Balaban J connectivity index is 0. The smallest absolute Gasteiger partial charge is 0.332 e. The van der Waals surface area contributed by atoms with Gasteiger partial charge >= 0.3 is 11.9 Å². The molecule has 0 spiro atoms. The number of aliphatic carboxylic acids is 1. The van der Waals surface area contributed by atoms with Crippen LogP contribution in [0, 0.1) is 0 Å². The van der Waals surface area contributed by atoms with Crippen molar-refractivity contribution >= 4 is 11.9 Å². The van der Waals surface area contributed by atoms with Crippen LogP contribution in [-0.4, -0.2) is 34.9 Å². The fourth-order valence-electron chi connectivity index (χ4n) is 0.203. The number of ether oxygens (including phenoxy) is 1. The van der Waals surface area contributed by atoms with E-state index in [1.807, 2.05) is 0 Å². The largest absolute Gasteiger partial charge is 0.479 e. The summed E-state index contributed by atoms with van der Waals surface area (Å²) in [5.74, 6) is -1.40. The maximum atomic E-state index is 9.82. The molecule has 0 aromatic rings. The summed E-state index contributed by atoms with van der Waals surface area (Å²) in [6.45, 7) is 4.85. The lowest BCUT2D eigenvalue weighted by Gasteiger charge is -1.89. The predicted octanol–water partition coefficient (Wildman–Crippen LogP) is 0.0212. The molecule has 0 saturated heterocycles. The zero-order valence-electron chi connectivity index (χ0n) is 7.40. The predicted molar refractivity (Wildman–Crippen MR) is 41.6 cm³/mol. The van der Waals surface area contributed by atoms with E-state index < -0.39 is 12.1 Å². The highest BCUT2D eigenvalue weighted by molar-refractivity contribution is 5.71. The molecule has 0 bridgehead atoms. The van der Waals surface area contributed by atoms with Gasteiger partial charge in [-0.3, -0.25) is 4.79 Å². The minimum atomic E-state index is -1.23. The Kier molecular flexibility index (Phi) is 8.99. The van der Waals surface area contributed by atoms with E-state index in [0.717, 1.165) is 0 Å². The molecule has 0 fully saturated rings. The summed E-state index contributed by atoms with van der Waals surface area (Å²) in [5, 5.41) is 15.8. The third-order valence-corrected chi connectivity index (χ3v) is 0.705. The second-order valence-corrected chi connectivity index (χ2v) is 1.94. The number of hydrogen-bond acceptors (Lipinski definition) is 4. The van der Waals surface area contributed by atoms with Gasteiger partial charge in [-0.15, -0.1) is 0 Å². The van der Waals surface area contributed by atoms with Gasteiger partial charge in [-0.05, 0) is 13.8 Å². The maximum absolute atomic E-state index is 9.82. The van der Waals surface area contributed by atoms with Crippen LogP contribution in [0.5, 0.6) is 0 Å². The molecule has 0 radical (unpaired) electrons. The molecule has 0 heterocycles. The lowest BCUT2D eigenvalue weighted by atomic mass is 10.4. The summed E-state index contributed by atoms with van der Waals surface area (Å²) >= 11 is 0. The van der Waals surface area contributed by atoms with E-state index >= 15 is 0 Å². The number of rotatable bonds is 2. The van der Waals surface area contributed by atoms with E-state index in [1.165, 1.54) is 13.8 Å². The molecule has 0 aliphatic rings. The lowest BCUT2D eigenvalue weighted by Crippen LogP contribution is -2.13. The van der Waals surface area contributed by atoms with Crippen molar-refractivity contribution in [2.45, 2.75) is 26.9 Å². The molecular formula is C7H14O5. The number of carboxylic acids is 1. The molecule has 5 nitrogen and oxygen atoms in total. The Labute approximate surface area is 71.0 Å². The second-order valence-electron chi connectivity index (χ2n) is 1.94. The number of carboxylic acid groups (broad SMARTS) is 1. The van der Waals surface area contributed by atoms with Crippen molar-refractivity contribution in [3.05, 3.63) is 0 Å². The van der Waals surface area contributed by atoms with Crippen LogP contribution in [0.4, 0.5) is 0 Å². The molecule has 1 atom stereocenters. The molecule has 2 N–H and O–H groups in total. The van der Waals surface area contributed by atoms with E-state index in [4.69, 9.17) is 10.2 Å². The van der Waals surface area contributed by atoms with Crippen LogP contribution in [0.15, 0.2) is 0 Å². The topological polar surface area (TPSA) is 83.8 Å². The number of carbonyl (C=O) groups excluding carboxylic acids is 1. The molecule has 12 heavy (non-hydrogen) atoms. The van der Waals surface area contributed by atoms with Crippen molar-refractivity contribution in [3.8, 4) is 0 Å². The van der Waals surface area contributed by atoms with Crippen LogP contribution in [0.2, 0.25) is 0 Å². The van der Waals surface area contributed by atoms with Crippen LogP contribution in [0.1, 0.15) is 20.8 Å². The molecule has 0 amide bonds. The van der Waals surface area contributed by atoms with Crippen LogP contribution in [0.25, 0.3) is 0 Å². The van der Waals surface area contributed by atoms with Gasteiger partial charge in [-0.1, -0.05) is 0 Å². The van der Waals surface area contributed by atoms with Crippen molar-refractivity contribution in [2.24, 2.45) is 0 Å². The molecule has 0 aromatic carbocycles. The number of esters is 1. The van der Waals surface area contributed by atoms with Crippen LogP contribution in [0.3, 0.4) is 0 Å². The molecule has 0 aromatic heterocycles. The van der Waals surface area contributed by atoms with Gasteiger partial charge in [0.15, 0.2) is 0 Å². The Hall–Kier alpha value is -1.10. The van der Waals surface area contributed by atoms with Crippen LogP contribution in [-0.2, 0) is 14.3 Å². The monoisotopic (exact) mass is 178 g/mol. The van der Waals surface area contributed by atoms with Gasteiger partial charge in [-0.2, -0.15) is 0 Å². The lowest BCUT2D eigenvalue weighted by molar-refractivity contribution is -0.145. The average molecular weight is 178 g/mol. The Morgan fingerprint density at radius 3 is 1.83 bits per heavy atom. The highest BCUT2D eigenvalue weighted by Crippen LogP contribution is 1.73. The van der Waals surface area contributed by atoms with Gasteiger partial charge in [0.1, 0.15) is 6.10 Å². The van der Waals surface area contributed by atoms with Gasteiger partial charge in [0.25, 0.3) is 0 Å². The van der Waals surface area contributed by atoms with Gasteiger partial charge in [0, 0.05) is 6.92 Å². The summed E-state index contributed by atoms with van der Waals surface area (Å²) in [6.07, 6.45) is -1.23. The van der Waals surface area contributed by atoms with Gasteiger partial charge in [0.05, 0.1) is 6.61 Å². The maximum Gasteiger partial charge on any atom is 0.332 e. The first-order valence-corrected chi connectivity index (χ1v) is 3.46. The summed E-state index contributed by atoms with van der Waals surface area (Å²) in [6, 6.07) is 0. The van der Waals surface area contributed by atoms with Crippen molar-refractivity contribution in [1.82, 2.24) is 0 Å². The minimum Gasteiger partial charge on any atom is -0.479 e. The van der Waals surface area contributed by atoms with Crippen LogP contribution >= 0.6 is 0 Å². The zero-order chi connectivity index (χ0) is 10.1. The Morgan fingerprint density at radius 1 is 1.50 bits per heavy atom. The van der Waals surface area contributed by atoms with Crippen molar-refractivity contribution in [3.63, 3.8) is 0 Å². The fourth-order valence-corrected chi connectivity index (χ4v) is 0.203. The highest BCUT2D eigenvalue weighted by Gasteiger charge is 2.01. The number of hydrogen-bond donors (Lipinski definition) is 2. The third-order valence-electron chi connectivity index (χ3n) is 0.705. The van der Waals surface area contributed by atoms with E-state index in [-0.39, 0.29) is 5.97 Å². The van der Waals surface area contributed by atoms with E-state index in [1.54, 1.807) is 6.92 Å². The first-order valence-electron chi connectivity index (χ1n) is 3.46. The Bertz CT molecular complexity index is 141. The Morgan fingerprint density at radius 2 is 1.83 bits per heavy atom. The van der Waals surface area contributed by atoms with Gasteiger partial charge < -0.3 is 14.9 Å². The molecular weight excluding hydrogens is 164 g/mol. The van der Waals surface area contributed by atoms with Crippen LogP contribution < -0.4 is 0 Å². The summed E-state index contributed by atoms with van der Waals surface area (Å²) in [4.78, 5) is 19.3. The standard InChI is InChI=1S/C4H8O2.C3H6O3/c1-3-6-4(2)5;1-2(4)3(5)6/h3H2,1-2H3;2,4H,1H3,(H,5,6). The number of aliphatic hydroxyl groups excluding tert-OH is 1. The quantitative estimate of drug-likeness (QED) is 0.582. The third kappa shape index (κ3) is 16.0. The van der Waals surface area contributed by atoms with Crippen molar-refractivity contribution in [2.75, 3.05) is 6.61 Å². The van der Waals surface area contributed by atoms with Gasteiger partial charge in [-0.25, -0.2) is 4.79 Å². The summed E-state index contributed by atoms with van der Waals surface area (Å²) in [5.41, 5.74) is 0. The van der Waals surface area contributed by atoms with Crippen molar-refractivity contribution < 1.29 is 24.5 Å². The number of aliphatic hydroxyl groups is 1. The van der Waals surface area contributed by atoms with E-state index in [2.05, 4.69) is 4.74 Å². The number of carbonyl (C=O) groups is 2. The zero-order valence-corrected chi connectivity index (χ0v) is 7.40. The molecule has 0 aliphatic heterocycles. The molecule has 0 rings (SSSR count). The normalized spacial score (nSPS) is 10.7. The molecule has 72 valence electrons. The van der Waals surface area contributed by atoms with E-state index in [9.17, 15) is 9.59 Å². The first-order chi connectivity index (χ1) is 5.41. The molecule has 5 heteroatoms. The van der Waals surface area contributed by atoms with E-state index in [0.29, 0.717) is 6.61 Å².